The number of para-hydroxylation sites is 1. The molecule has 4 aromatic rings. The van der Waals surface area contributed by atoms with E-state index in [0.29, 0.717) is 32.1 Å². The molecule has 0 bridgehead atoms. The molecule has 2 atom stereocenters. The lowest BCUT2D eigenvalue weighted by Gasteiger charge is -2.37. The first-order valence-corrected chi connectivity index (χ1v) is 13.2. The molecule has 38 heavy (non-hydrogen) atoms. The first-order chi connectivity index (χ1) is 18.6. The highest BCUT2D eigenvalue weighted by Crippen LogP contribution is 2.26. The number of amides is 1. The molecule has 1 N–H and O–H groups in total. The summed E-state index contributed by atoms with van der Waals surface area (Å²) in [5, 5.41) is 5.48. The molecule has 1 aliphatic heterocycles. The summed E-state index contributed by atoms with van der Waals surface area (Å²) >= 11 is 0. The van der Waals surface area contributed by atoms with Crippen molar-refractivity contribution in [3.8, 4) is 11.5 Å². The number of carbonyl (C=O) groups excluding carboxylic acids is 1. The first-order valence-electron chi connectivity index (χ1n) is 13.2. The number of nitrogens with zero attached hydrogens (tertiary/aromatic N) is 1. The summed E-state index contributed by atoms with van der Waals surface area (Å²) in [4.78, 5) is 15.5. The highest BCUT2D eigenvalue weighted by atomic mass is 19.1. The fraction of sp³-hybridized carbons (Fsp3) is 0.281. The Labute approximate surface area is 223 Å². The Balaban J connectivity index is 1.22. The second kappa shape index (κ2) is 12.6. The maximum Gasteiger partial charge on any atom is 0.224 e. The van der Waals surface area contributed by atoms with E-state index in [9.17, 15) is 9.18 Å². The molecule has 6 heteroatoms. The second-order valence-corrected chi connectivity index (χ2v) is 9.90. The number of benzene rings is 4. The lowest BCUT2D eigenvalue weighted by molar-refractivity contribution is -0.127. The Morgan fingerprint density at radius 3 is 2.47 bits per heavy atom. The van der Waals surface area contributed by atoms with Gasteiger partial charge in [0.2, 0.25) is 5.91 Å². The molecule has 5 rings (SSSR count). The molecule has 0 spiro atoms. The van der Waals surface area contributed by atoms with E-state index in [1.807, 2.05) is 36.4 Å². The molecule has 4 aromatic carbocycles. The van der Waals surface area contributed by atoms with E-state index >= 15 is 0 Å². The van der Waals surface area contributed by atoms with Crippen LogP contribution in [0.4, 0.5) is 4.39 Å². The van der Waals surface area contributed by atoms with Crippen LogP contribution in [-0.2, 0) is 11.3 Å². The molecule has 0 saturated carbocycles. The Bertz CT molecular complexity index is 1350. The van der Waals surface area contributed by atoms with Crippen molar-refractivity contribution in [2.45, 2.75) is 13.0 Å². The van der Waals surface area contributed by atoms with Gasteiger partial charge >= 0.3 is 0 Å². The topological polar surface area (TPSA) is 50.8 Å². The molecular formula is C32H33FN2O3. The summed E-state index contributed by atoms with van der Waals surface area (Å²) in [6, 6.07) is 30.6. The Kier molecular flexibility index (Phi) is 8.51. The van der Waals surface area contributed by atoms with Gasteiger partial charge in [-0.15, -0.1) is 0 Å². The molecule has 0 aliphatic carbocycles. The van der Waals surface area contributed by atoms with Crippen LogP contribution < -0.4 is 14.8 Å². The van der Waals surface area contributed by atoms with Crippen molar-refractivity contribution in [3.05, 3.63) is 108 Å². The Hall–Kier alpha value is -3.90. The number of carbonyl (C=O) groups is 1. The largest absolute Gasteiger partial charge is 0.493 e. The second-order valence-electron chi connectivity index (χ2n) is 9.90. The van der Waals surface area contributed by atoms with Crippen LogP contribution in [0, 0.1) is 17.7 Å². The summed E-state index contributed by atoms with van der Waals surface area (Å²) in [6.07, 6.45) is 0.717. The Morgan fingerprint density at radius 2 is 1.63 bits per heavy atom. The number of nitrogens with one attached hydrogen (secondary N) is 1. The van der Waals surface area contributed by atoms with Crippen LogP contribution in [0.25, 0.3) is 10.8 Å². The zero-order valence-electron chi connectivity index (χ0n) is 21.4. The molecule has 1 heterocycles. The van der Waals surface area contributed by atoms with E-state index in [1.54, 1.807) is 12.1 Å². The minimum absolute atomic E-state index is 0.0284. The molecule has 5 nitrogen and oxygen atoms in total. The van der Waals surface area contributed by atoms with Gasteiger partial charge in [0.05, 0.1) is 19.1 Å². The molecule has 1 amide bonds. The van der Waals surface area contributed by atoms with Crippen LogP contribution in [0.5, 0.6) is 11.5 Å². The SMILES string of the molecule is O=C(NCCOc1ccccc1)[C@@H]1C[C@H](COc2cccc(F)c2)CN(Cc2ccc3ccccc3c2)C1. The van der Waals surface area contributed by atoms with Crippen LogP contribution in [0.2, 0.25) is 0 Å². The zero-order chi connectivity index (χ0) is 26.2. The fourth-order valence-electron chi connectivity index (χ4n) is 5.11. The summed E-state index contributed by atoms with van der Waals surface area (Å²) in [7, 11) is 0. The number of likely N-dealkylation sites (tertiary alicyclic amines) is 1. The lowest BCUT2D eigenvalue weighted by atomic mass is 9.88. The molecular weight excluding hydrogens is 479 g/mol. The van der Waals surface area contributed by atoms with E-state index < -0.39 is 0 Å². The van der Waals surface area contributed by atoms with Crippen molar-refractivity contribution in [2.75, 3.05) is 32.8 Å². The highest BCUT2D eigenvalue weighted by molar-refractivity contribution is 5.83. The van der Waals surface area contributed by atoms with Gasteiger partial charge in [-0.1, -0.05) is 60.7 Å². The number of rotatable bonds is 10. The summed E-state index contributed by atoms with van der Waals surface area (Å²) in [6.45, 7) is 3.52. The van der Waals surface area contributed by atoms with E-state index in [-0.39, 0.29) is 23.6 Å². The summed E-state index contributed by atoms with van der Waals surface area (Å²) < 4.78 is 25.3. The van der Waals surface area contributed by atoms with Gasteiger partial charge in [-0.25, -0.2) is 4.39 Å². The van der Waals surface area contributed by atoms with Gasteiger partial charge in [0, 0.05) is 31.6 Å². The monoisotopic (exact) mass is 512 g/mol. The lowest BCUT2D eigenvalue weighted by Crippen LogP contribution is -2.47. The fourth-order valence-corrected chi connectivity index (χ4v) is 5.11. The molecule has 0 radical (unpaired) electrons. The maximum atomic E-state index is 13.6. The van der Waals surface area contributed by atoms with Gasteiger partial charge in [0.25, 0.3) is 0 Å². The van der Waals surface area contributed by atoms with Gasteiger partial charge in [-0.3, -0.25) is 9.69 Å². The van der Waals surface area contributed by atoms with Crippen LogP contribution in [0.1, 0.15) is 12.0 Å². The van der Waals surface area contributed by atoms with Crippen LogP contribution in [0.3, 0.4) is 0 Å². The number of ether oxygens (including phenoxy) is 2. The summed E-state index contributed by atoms with van der Waals surface area (Å²) in [5.74, 6) is 0.983. The summed E-state index contributed by atoms with van der Waals surface area (Å²) in [5.41, 5.74) is 1.21. The number of hydrogen-bond donors (Lipinski definition) is 1. The van der Waals surface area contributed by atoms with Crippen molar-refractivity contribution in [1.82, 2.24) is 10.2 Å². The quantitative estimate of drug-likeness (QED) is 0.277. The Morgan fingerprint density at radius 1 is 0.842 bits per heavy atom. The van der Waals surface area contributed by atoms with E-state index in [1.165, 1.54) is 28.5 Å². The van der Waals surface area contributed by atoms with Crippen molar-refractivity contribution in [2.24, 2.45) is 11.8 Å². The van der Waals surface area contributed by atoms with E-state index in [4.69, 9.17) is 9.47 Å². The van der Waals surface area contributed by atoms with Crippen molar-refractivity contribution in [3.63, 3.8) is 0 Å². The first kappa shape index (κ1) is 25.7. The van der Waals surface area contributed by atoms with Gasteiger partial charge in [-0.05, 0) is 53.1 Å². The van der Waals surface area contributed by atoms with E-state index in [0.717, 1.165) is 25.3 Å². The number of hydrogen-bond acceptors (Lipinski definition) is 4. The minimum Gasteiger partial charge on any atom is -0.493 e. The van der Waals surface area contributed by atoms with Crippen molar-refractivity contribution >= 4 is 16.7 Å². The molecule has 1 saturated heterocycles. The molecule has 0 unspecified atom stereocenters. The zero-order valence-corrected chi connectivity index (χ0v) is 21.4. The van der Waals surface area contributed by atoms with Gasteiger partial charge in [0.15, 0.2) is 0 Å². The van der Waals surface area contributed by atoms with E-state index in [2.05, 4.69) is 46.6 Å². The molecule has 1 aliphatic rings. The molecule has 0 aromatic heterocycles. The average Bonchev–Trinajstić information content (AvgIpc) is 2.94. The predicted octanol–water partition coefficient (Wildman–Crippen LogP) is 5.69. The van der Waals surface area contributed by atoms with Crippen LogP contribution >= 0.6 is 0 Å². The van der Waals surface area contributed by atoms with Gasteiger partial charge < -0.3 is 14.8 Å². The van der Waals surface area contributed by atoms with Gasteiger partial charge in [0.1, 0.15) is 23.9 Å². The molecule has 196 valence electrons. The van der Waals surface area contributed by atoms with Crippen molar-refractivity contribution in [1.29, 1.82) is 0 Å². The highest BCUT2D eigenvalue weighted by Gasteiger charge is 2.32. The minimum atomic E-state index is -0.320. The average molecular weight is 513 g/mol. The number of piperidine rings is 1. The standard InChI is InChI=1S/C32H33FN2O3/c33-29-9-6-12-31(19-29)38-23-25-18-28(32(36)34-15-16-37-30-10-2-1-3-11-30)22-35(21-25)20-24-13-14-26-7-4-5-8-27(26)17-24/h1-14,17,19,25,28H,15-16,18,20-23H2,(H,34,36)/t25-,28+/m0/s1. The van der Waals surface area contributed by atoms with Gasteiger partial charge in [-0.2, -0.15) is 0 Å². The normalized spacial score (nSPS) is 17.7. The smallest absolute Gasteiger partial charge is 0.224 e. The third-order valence-electron chi connectivity index (χ3n) is 6.90. The predicted molar refractivity (Wildman–Crippen MR) is 148 cm³/mol. The maximum absolute atomic E-state index is 13.6. The van der Waals surface area contributed by atoms with Crippen LogP contribution in [-0.4, -0.2) is 43.7 Å². The number of halogens is 1. The van der Waals surface area contributed by atoms with Crippen molar-refractivity contribution < 1.29 is 18.7 Å². The third-order valence-corrected chi connectivity index (χ3v) is 6.90. The molecule has 1 fully saturated rings. The third kappa shape index (κ3) is 7.11. The number of fused-ring (bicyclic) bond motifs is 1. The van der Waals surface area contributed by atoms with Crippen LogP contribution in [0.15, 0.2) is 97.1 Å².